The maximum Gasteiger partial charge on any atom is 0.269 e. The largest absolute Gasteiger partial charge is 0.380 e. The van der Waals surface area contributed by atoms with Gasteiger partial charge in [-0.05, 0) is 48.6 Å². The Morgan fingerprint density at radius 2 is 2.21 bits per heavy atom. The fourth-order valence-corrected chi connectivity index (χ4v) is 3.48. The van der Waals surface area contributed by atoms with Crippen LogP contribution in [0.2, 0.25) is 0 Å². The van der Waals surface area contributed by atoms with Crippen LogP contribution in [0.5, 0.6) is 0 Å². The van der Waals surface area contributed by atoms with E-state index in [0.717, 1.165) is 61.0 Å². The van der Waals surface area contributed by atoms with Crippen molar-refractivity contribution in [3.8, 4) is 0 Å². The highest BCUT2D eigenvalue weighted by Crippen LogP contribution is 2.24. The second kappa shape index (κ2) is 7.72. The maximum atomic E-state index is 12.4. The minimum atomic E-state index is -0.137. The Morgan fingerprint density at radius 1 is 1.42 bits per heavy atom. The number of rotatable bonds is 6. The van der Waals surface area contributed by atoms with Gasteiger partial charge in [0.2, 0.25) is 0 Å². The molecule has 1 N–H and O–H groups in total. The summed E-state index contributed by atoms with van der Waals surface area (Å²) in [5.41, 5.74) is 2.71. The van der Waals surface area contributed by atoms with Crippen LogP contribution in [0.25, 0.3) is 0 Å². The summed E-state index contributed by atoms with van der Waals surface area (Å²) in [7, 11) is 1.76. The van der Waals surface area contributed by atoms with E-state index in [9.17, 15) is 4.79 Å². The average Bonchev–Trinajstić information content (AvgIpc) is 3.25. The zero-order valence-electron chi connectivity index (χ0n) is 14.0. The lowest BCUT2D eigenvalue weighted by Crippen LogP contribution is -2.22. The molecule has 1 unspecified atom stereocenters. The molecule has 3 rings (SSSR count). The Kier molecular flexibility index (Phi) is 5.42. The molecular weight excluding hydrogens is 324 g/mol. The molecule has 1 saturated heterocycles. The van der Waals surface area contributed by atoms with Gasteiger partial charge in [0.05, 0.1) is 11.8 Å². The van der Waals surface area contributed by atoms with Crippen molar-refractivity contribution in [1.29, 1.82) is 0 Å². The monoisotopic (exact) mass is 346 g/mol. The molecule has 1 atom stereocenters. The second-order valence-corrected chi connectivity index (χ2v) is 6.65. The molecule has 1 aromatic heterocycles. The van der Waals surface area contributed by atoms with Crippen LogP contribution in [0, 0.1) is 0 Å². The predicted molar refractivity (Wildman–Crippen MR) is 95.9 cm³/mol. The van der Waals surface area contributed by atoms with Gasteiger partial charge in [0, 0.05) is 31.6 Å². The molecule has 128 valence electrons. The van der Waals surface area contributed by atoms with Gasteiger partial charge in [-0.2, -0.15) is 0 Å². The van der Waals surface area contributed by atoms with Gasteiger partial charge < -0.3 is 15.0 Å². The molecule has 1 fully saturated rings. The summed E-state index contributed by atoms with van der Waals surface area (Å²) in [5, 5.41) is 6.97. The van der Waals surface area contributed by atoms with E-state index in [2.05, 4.69) is 26.7 Å². The van der Waals surface area contributed by atoms with Crippen LogP contribution in [0.15, 0.2) is 24.3 Å². The highest BCUT2D eigenvalue weighted by atomic mass is 32.1. The smallest absolute Gasteiger partial charge is 0.269 e. The highest BCUT2D eigenvalue weighted by molar-refractivity contribution is 7.08. The van der Waals surface area contributed by atoms with Gasteiger partial charge in [-0.25, -0.2) is 0 Å². The van der Waals surface area contributed by atoms with Gasteiger partial charge in [0.1, 0.15) is 4.88 Å². The molecular formula is C17H22N4O2S. The summed E-state index contributed by atoms with van der Waals surface area (Å²) < 4.78 is 9.30. The normalized spacial score (nSPS) is 17.2. The highest BCUT2D eigenvalue weighted by Gasteiger charge is 2.22. The number of ether oxygens (including phenoxy) is 1. The Balaban J connectivity index is 1.64. The topological polar surface area (TPSA) is 67.4 Å². The number of hydrogen-bond donors (Lipinski definition) is 1. The first-order valence-electron chi connectivity index (χ1n) is 8.21. The van der Waals surface area contributed by atoms with Crippen molar-refractivity contribution in [2.24, 2.45) is 0 Å². The molecule has 7 heteroatoms. The van der Waals surface area contributed by atoms with E-state index in [1.807, 2.05) is 24.3 Å². The fraction of sp³-hybridized carbons (Fsp3) is 0.471. The van der Waals surface area contributed by atoms with Gasteiger partial charge in [-0.1, -0.05) is 17.8 Å². The summed E-state index contributed by atoms with van der Waals surface area (Å²) in [4.78, 5) is 15.3. The summed E-state index contributed by atoms with van der Waals surface area (Å²) in [5.74, 6) is -0.137. The third-order valence-electron chi connectivity index (χ3n) is 4.22. The van der Waals surface area contributed by atoms with Crippen LogP contribution >= 0.6 is 11.5 Å². The molecule has 0 saturated carbocycles. The summed E-state index contributed by atoms with van der Waals surface area (Å²) in [6.45, 7) is 3.97. The number of carbonyl (C=O) groups is 1. The van der Waals surface area contributed by atoms with E-state index in [1.165, 1.54) is 0 Å². The molecule has 24 heavy (non-hydrogen) atoms. The molecule has 2 heterocycles. The minimum absolute atomic E-state index is 0.137. The summed E-state index contributed by atoms with van der Waals surface area (Å²) in [6, 6.07) is 7.93. The number of hydrogen-bond acceptors (Lipinski definition) is 6. The predicted octanol–water partition coefficient (Wildman–Crippen LogP) is 2.97. The van der Waals surface area contributed by atoms with E-state index in [1.54, 1.807) is 7.11 Å². The van der Waals surface area contributed by atoms with E-state index < -0.39 is 0 Å². The van der Waals surface area contributed by atoms with Crippen LogP contribution in [0.4, 0.5) is 11.4 Å². The maximum absolute atomic E-state index is 12.4. The van der Waals surface area contributed by atoms with Crippen molar-refractivity contribution >= 4 is 28.8 Å². The quantitative estimate of drug-likeness (QED) is 0.871. The zero-order chi connectivity index (χ0) is 16.9. The van der Waals surface area contributed by atoms with Crippen LogP contribution in [-0.2, 0) is 11.2 Å². The molecule has 0 bridgehead atoms. The summed E-state index contributed by atoms with van der Waals surface area (Å²) in [6.07, 6.45) is 3.07. The second-order valence-electron chi connectivity index (χ2n) is 5.89. The fourth-order valence-electron chi connectivity index (χ4n) is 2.88. The average molecular weight is 346 g/mol. The number of carbonyl (C=O) groups excluding carboxylic acids is 1. The van der Waals surface area contributed by atoms with Crippen molar-refractivity contribution in [1.82, 2.24) is 9.59 Å². The number of methoxy groups -OCH3 is 1. The first-order valence-corrected chi connectivity index (χ1v) is 8.99. The van der Waals surface area contributed by atoms with Gasteiger partial charge in [0.15, 0.2) is 0 Å². The Bertz CT molecular complexity index is 686. The van der Waals surface area contributed by atoms with Crippen LogP contribution in [-0.4, -0.2) is 41.8 Å². The first kappa shape index (κ1) is 16.9. The van der Waals surface area contributed by atoms with Crippen molar-refractivity contribution in [3.05, 3.63) is 34.8 Å². The number of aromatic nitrogens is 2. The number of nitrogens with zero attached hydrogens (tertiary/aromatic N) is 3. The lowest BCUT2D eigenvalue weighted by atomic mass is 10.2. The molecule has 0 aliphatic carbocycles. The summed E-state index contributed by atoms with van der Waals surface area (Å²) >= 11 is 1.15. The molecule has 6 nitrogen and oxygen atoms in total. The van der Waals surface area contributed by atoms with Crippen molar-refractivity contribution in [2.45, 2.75) is 32.3 Å². The molecule has 1 aliphatic heterocycles. The first-order chi connectivity index (χ1) is 11.7. The molecule has 1 aliphatic rings. The van der Waals surface area contributed by atoms with Crippen LogP contribution in [0.3, 0.4) is 0 Å². The van der Waals surface area contributed by atoms with E-state index in [0.29, 0.717) is 11.0 Å². The van der Waals surface area contributed by atoms with Crippen molar-refractivity contribution in [2.75, 3.05) is 30.4 Å². The number of aryl methyl sites for hydroxylation is 1. The molecule has 2 aromatic rings. The van der Waals surface area contributed by atoms with E-state index >= 15 is 0 Å². The van der Waals surface area contributed by atoms with Crippen LogP contribution in [0.1, 0.15) is 35.1 Å². The Morgan fingerprint density at radius 3 is 2.88 bits per heavy atom. The Hall–Kier alpha value is -1.99. The van der Waals surface area contributed by atoms with Gasteiger partial charge in [-0.15, -0.1) is 5.10 Å². The molecule has 0 radical (unpaired) electrons. The molecule has 1 aromatic carbocycles. The third kappa shape index (κ3) is 3.73. The van der Waals surface area contributed by atoms with Crippen molar-refractivity contribution < 1.29 is 9.53 Å². The number of amides is 1. The standard InChI is InChI=1S/C17H22N4O2S/c1-3-4-15-16(24-20-19-15)17(22)18-12-5-7-13(8-6-12)21-10-9-14(11-21)23-2/h5-8,14H,3-4,9-11H2,1-2H3,(H,18,22). The van der Waals surface area contributed by atoms with Gasteiger partial charge in [0.25, 0.3) is 5.91 Å². The van der Waals surface area contributed by atoms with Crippen molar-refractivity contribution in [3.63, 3.8) is 0 Å². The van der Waals surface area contributed by atoms with E-state index in [-0.39, 0.29) is 5.91 Å². The molecule has 0 spiro atoms. The Labute approximate surface area is 146 Å². The lowest BCUT2D eigenvalue weighted by Gasteiger charge is -2.18. The van der Waals surface area contributed by atoms with Crippen LogP contribution < -0.4 is 10.2 Å². The van der Waals surface area contributed by atoms with Gasteiger partial charge in [-0.3, -0.25) is 4.79 Å². The number of nitrogens with one attached hydrogen (secondary N) is 1. The minimum Gasteiger partial charge on any atom is -0.380 e. The number of benzene rings is 1. The zero-order valence-corrected chi connectivity index (χ0v) is 14.8. The lowest BCUT2D eigenvalue weighted by molar-refractivity contribution is 0.102. The molecule has 1 amide bonds. The van der Waals surface area contributed by atoms with E-state index in [4.69, 9.17) is 4.74 Å². The SMILES string of the molecule is CCCc1nnsc1C(=O)Nc1ccc(N2CCC(OC)C2)cc1. The number of anilines is 2. The third-order valence-corrected chi connectivity index (χ3v) is 4.98. The van der Waals surface area contributed by atoms with Gasteiger partial charge >= 0.3 is 0 Å².